The van der Waals surface area contributed by atoms with Gasteiger partial charge in [-0.15, -0.1) is 0 Å². The number of aromatic nitrogens is 2. The minimum Gasteiger partial charge on any atom is -0.385 e. The molecular formula is C18H23ClN4O2. The molecule has 1 saturated heterocycles. The number of rotatable bonds is 3. The van der Waals surface area contributed by atoms with Crippen molar-refractivity contribution in [3.05, 3.63) is 47.0 Å². The number of anilines is 1. The van der Waals surface area contributed by atoms with E-state index in [9.17, 15) is 9.90 Å². The summed E-state index contributed by atoms with van der Waals surface area (Å²) >= 11 is 6.00. The van der Waals surface area contributed by atoms with Crippen LogP contribution in [0.15, 0.2) is 30.6 Å². The number of piperidine rings is 1. The van der Waals surface area contributed by atoms with Crippen molar-refractivity contribution in [1.82, 2.24) is 14.5 Å². The summed E-state index contributed by atoms with van der Waals surface area (Å²) in [4.78, 5) is 18.5. The second-order valence-corrected chi connectivity index (χ2v) is 6.99. The third-order valence-electron chi connectivity index (χ3n) is 4.84. The molecule has 1 aromatic carbocycles. The van der Waals surface area contributed by atoms with Gasteiger partial charge in [-0.05, 0) is 43.4 Å². The second kappa shape index (κ2) is 7.45. The van der Waals surface area contributed by atoms with Gasteiger partial charge < -0.3 is 19.9 Å². The van der Waals surface area contributed by atoms with Crippen molar-refractivity contribution < 1.29 is 9.90 Å². The van der Waals surface area contributed by atoms with E-state index in [4.69, 9.17) is 11.6 Å². The van der Waals surface area contributed by atoms with E-state index in [1.807, 2.05) is 30.8 Å². The first-order valence-corrected chi connectivity index (χ1v) is 8.81. The monoisotopic (exact) mass is 362 g/mol. The van der Waals surface area contributed by atoms with Crippen LogP contribution in [0, 0.1) is 12.8 Å². The van der Waals surface area contributed by atoms with Crippen molar-refractivity contribution in [1.29, 1.82) is 0 Å². The summed E-state index contributed by atoms with van der Waals surface area (Å²) in [5.41, 5.74) is 1.70. The van der Waals surface area contributed by atoms with E-state index < -0.39 is 6.10 Å². The summed E-state index contributed by atoms with van der Waals surface area (Å²) in [6.45, 7) is 3.15. The number of carbonyl (C=O) groups is 1. The summed E-state index contributed by atoms with van der Waals surface area (Å²) in [7, 11) is 1.88. The molecule has 2 N–H and O–H groups in total. The number of nitrogens with zero attached hydrogens (tertiary/aromatic N) is 3. The number of carbonyl (C=O) groups excluding carboxylic acids is 1. The number of halogens is 1. The molecule has 1 unspecified atom stereocenters. The zero-order valence-electron chi connectivity index (χ0n) is 14.4. The minimum absolute atomic E-state index is 0.109. The number of urea groups is 1. The third kappa shape index (κ3) is 3.96. The van der Waals surface area contributed by atoms with Crippen LogP contribution in [0.2, 0.25) is 5.02 Å². The molecule has 0 bridgehead atoms. The number of amides is 2. The Balaban J connectivity index is 1.57. The van der Waals surface area contributed by atoms with Crippen LogP contribution in [0.1, 0.15) is 30.3 Å². The summed E-state index contributed by atoms with van der Waals surface area (Å²) in [5, 5.41) is 14.0. The van der Waals surface area contributed by atoms with Crippen molar-refractivity contribution in [3.63, 3.8) is 0 Å². The van der Waals surface area contributed by atoms with Gasteiger partial charge in [-0.1, -0.05) is 17.7 Å². The predicted octanol–water partition coefficient (Wildman–Crippen LogP) is 3.36. The molecule has 0 aliphatic carbocycles. The smallest absolute Gasteiger partial charge is 0.321 e. The lowest BCUT2D eigenvalue weighted by Gasteiger charge is -2.34. The Hall–Kier alpha value is -2.05. The van der Waals surface area contributed by atoms with Crippen LogP contribution in [-0.2, 0) is 7.05 Å². The number of aryl methyl sites for hydroxylation is 2. The van der Waals surface area contributed by atoms with Crippen LogP contribution in [0.3, 0.4) is 0 Å². The predicted molar refractivity (Wildman–Crippen MR) is 97.7 cm³/mol. The fourth-order valence-electron chi connectivity index (χ4n) is 3.21. The average Bonchev–Trinajstić information content (AvgIpc) is 3.03. The number of nitrogens with one attached hydrogen (secondary N) is 1. The van der Waals surface area contributed by atoms with Crippen molar-refractivity contribution in [2.45, 2.75) is 25.9 Å². The molecular weight excluding hydrogens is 340 g/mol. The summed E-state index contributed by atoms with van der Waals surface area (Å²) in [6.07, 6.45) is 4.41. The Morgan fingerprint density at radius 3 is 2.76 bits per heavy atom. The zero-order valence-corrected chi connectivity index (χ0v) is 15.2. The number of aliphatic hydroxyl groups excluding tert-OH is 1. The Labute approximate surface area is 152 Å². The number of likely N-dealkylation sites (tertiary alicyclic amines) is 1. The molecule has 0 radical (unpaired) electrons. The van der Waals surface area contributed by atoms with Crippen LogP contribution in [0.25, 0.3) is 0 Å². The molecule has 1 aromatic heterocycles. The normalized spacial score (nSPS) is 16.7. The van der Waals surface area contributed by atoms with E-state index in [0.29, 0.717) is 23.9 Å². The molecule has 6 nitrogen and oxygen atoms in total. The molecule has 7 heteroatoms. The number of hydrogen-bond acceptors (Lipinski definition) is 3. The van der Waals surface area contributed by atoms with E-state index >= 15 is 0 Å². The lowest BCUT2D eigenvalue weighted by molar-refractivity contribution is 0.0600. The van der Waals surface area contributed by atoms with Crippen molar-refractivity contribution >= 4 is 23.3 Å². The quantitative estimate of drug-likeness (QED) is 0.879. The fraction of sp³-hybridized carbons (Fsp3) is 0.444. The number of aliphatic hydroxyl groups is 1. The SMILES string of the molecule is Cc1ccc(Cl)cc1NC(=O)N1CCC(C(O)c2nccn2C)CC1. The molecule has 134 valence electrons. The molecule has 3 rings (SSSR count). The van der Waals surface area contributed by atoms with Crippen LogP contribution in [0.5, 0.6) is 0 Å². The summed E-state index contributed by atoms with van der Waals surface area (Å²) in [5.74, 6) is 0.788. The number of benzene rings is 1. The molecule has 1 atom stereocenters. The van der Waals surface area contributed by atoms with E-state index in [2.05, 4.69) is 10.3 Å². The van der Waals surface area contributed by atoms with Gasteiger partial charge in [-0.3, -0.25) is 0 Å². The van der Waals surface area contributed by atoms with Crippen molar-refractivity contribution in [2.75, 3.05) is 18.4 Å². The van der Waals surface area contributed by atoms with Crippen LogP contribution in [-0.4, -0.2) is 38.7 Å². The van der Waals surface area contributed by atoms with Crippen molar-refractivity contribution in [2.24, 2.45) is 13.0 Å². The summed E-state index contributed by atoms with van der Waals surface area (Å²) < 4.78 is 1.84. The van der Waals surface area contributed by atoms with E-state index in [-0.39, 0.29) is 11.9 Å². The van der Waals surface area contributed by atoms with Gasteiger partial charge in [0, 0.05) is 43.2 Å². The standard InChI is InChI=1S/C18H23ClN4O2/c1-12-3-4-14(19)11-15(12)21-18(25)23-8-5-13(6-9-23)16(24)17-20-7-10-22(17)2/h3-4,7,10-11,13,16,24H,5-6,8-9H2,1-2H3,(H,21,25). The maximum Gasteiger partial charge on any atom is 0.321 e. The molecule has 1 fully saturated rings. The molecule has 2 aromatic rings. The van der Waals surface area contributed by atoms with Gasteiger partial charge in [0.25, 0.3) is 0 Å². The number of imidazole rings is 1. The molecule has 25 heavy (non-hydrogen) atoms. The van der Waals surface area contributed by atoms with Crippen LogP contribution >= 0.6 is 11.6 Å². The lowest BCUT2D eigenvalue weighted by atomic mass is 9.91. The van der Waals surface area contributed by atoms with Gasteiger partial charge in [0.2, 0.25) is 0 Å². The highest BCUT2D eigenvalue weighted by atomic mass is 35.5. The largest absolute Gasteiger partial charge is 0.385 e. The summed E-state index contributed by atoms with van der Waals surface area (Å²) in [6, 6.07) is 5.31. The topological polar surface area (TPSA) is 70.4 Å². The molecule has 2 heterocycles. The maximum absolute atomic E-state index is 12.5. The van der Waals surface area contributed by atoms with Gasteiger partial charge in [-0.2, -0.15) is 0 Å². The average molecular weight is 363 g/mol. The van der Waals surface area contributed by atoms with Gasteiger partial charge in [0.15, 0.2) is 0 Å². The molecule has 1 aliphatic rings. The minimum atomic E-state index is -0.597. The van der Waals surface area contributed by atoms with Crippen LogP contribution in [0.4, 0.5) is 10.5 Å². The zero-order chi connectivity index (χ0) is 18.0. The van der Waals surface area contributed by atoms with Gasteiger partial charge >= 0.3 is 6.03 Å². The van der Waals surface area contributed by atoms with E-state index in [1.165, 1.54) is 0 Å². The molecule has 0 spiro atoms. The second-order valence-electron chi connectivity index (χ2n) is 6.56. The Kier molecular flexibility index (Phi) is 5.30. The first-order chi connectivity index (χ1) is 12.0. The number of hydrogen-bond donors (Lipinski definition) is 2. The van der Waals surface area contributed by atoms with Gasteiger partial charge in [-0.25, -0.2) is 9.78 Å². The van der Waals surface area contributed by atoms with E-state index in [1.54, 1.807) is 23.2 Å². The highest BCUT2D eigenvalue weighted by Gasteiger charge is 2.30. The fourth-order valence-corrected chi connectivity index (χ4v) is 3.39. The highest BCUT2D eigenvalue weighted by molar-refractivity contribution is 6.31. The first kappa shape index (κ1) is 17.8. The molecule has 2 amide bonds. The Bertz CT molecular complexity index is 753. The van der Waals surface area contributed by atoms with Crippen molar-refractivity contribution in [3.8, 4) is 0 Å². The first-order valence-electron chi connectivity index (χ1n) is 8.43. The maximum atomic E-state index is 12.5. The molecule has 1 aliphatic heterocycles. The molecule has 0 saturated carbocycles. The van der Waals surface area contributed by atoms with Gasteiger partial charge in [0.1, 0.15) is 11.9 Å². The Morgan fingerprint density at radius 1 is 1.40 bits per heavy atom. The van der Waals surface area contributed by atoms with E-state index in [0.717, 1.165) is 24.1 Å². The van der Waals surface area contributed by atoms with Crippen LogP contribution < -0.4 is 5.32 Å². The third-order valence-corrected chi connectivity index (χ3v) is 5.07. The Morgan fingerprint density at radius 2 is 2.12 bits per heavy atom. The lowest BCUT2D eigenvalue weighted by Crippen LogP contribution is -2.42. The van der Waals surface area contributed by atoms with Gasteiger partial charge in [0.05, 0.1) is 0 Å². The highest BCUT2D eigenvalue weighted by Crippen LogP contribution is 2.30.